The Morgan fingerprint density at radius 1 is 1.64 bits per heavy atom. The van der Waals surface area contributed by atoms with Crippen molar-refractivity contribution in [3.63, 3.8) is 0 Å². The van der Waals surface area contributed by atoms with Crippen LogP contribution in [-0.2, 0) is 6.54 Å². The molecule has 1 aromatic heterocycles. The first-order valence-electron chi connectivity index (χ1n) is 4.97. The van der Waals surface area contributed by atoms with E-state index < -0.39 is 0 Å². The average molecular weight is 193 g/mol. The van der Waals surface area contributed by atoms with E-state index in [0.29, 0.717) is 6.04 Å². The van der Waals surface area contributed by atoms with Gasteiger partial charge in [-0.25, -0.2) is 0 Å². The average Bonchev–Trinajstić information content (AvgIpc) is 2.52. The van der Waals surface area contributed by atoms with Gasteiger partial charge in [0.25, 0.3) is 0 Å². The number of nitrogens with one attached hydrogen (secondary N) is 1. The van der Waals surface area contributed by atoms with E-state index in [1.807, 2.05) is 17.8 Å². The molecule has 0 radical (unpaired) electrons. The van der Waals surface area contributed by atoms with Gasteiger partial charge >= 0.3 is 0 Å². The molecule has 1 aromatic rings. The molecule has 0 aromatic carbocycles. The van der Waals surface area contributed by atoms with E-state index in [4.69, 9.17) is 0 Å². The monoisotopic (exact) mass is 193 g/mol. The van der Waals surface area contributed by atoms with Gasteiger partial charge in [-0.15, -0.1) is 0 Å². The second-order valence-corrected chi connectivity index (χ2v) is 3.98. The van der Waals surface area contributed by atoms with Crippen molar-refractivity contribution in [3.8, 4) is 0 Å². The number of hydrogen-bond donors (Lipinski definition) is 1. The summed E-state index contributed by atoms with van der Waals surface area (Å²) < 4.78 is 1.97. The van der Waals surface area contributed by atoms with Gasteiger partial charge in [-0.2, -0.15) is 5.10 Å². The molecular formula is C11H19N3. The molecule has 0 spiro atoms. The first-order chi connectivity index (χ1) is 6.59. The lowest BCUT2D eigenvalue weighted by atomic mass is 10.3. The maximum atomic E-state index is 4.27. The second kappa shape index (κ2) is 4.96. The fraction of sp³-hybridized carbons (Fsp3) is 0.545. The third kappa shape index (κ3) is 3.34. The Kier molecular flexibility index (Phi) is 3.89. The van der Waals surface area contributed by atoms with Gasteiger partial charge in [0.2, 0.25) is 0 Å². The molecule has 1 heterocycles. The van der Waals surface area contributed by atoms with E-state index in [2.05, 4.69) is 37.0 Å². The van der Waals surface area contributed by atoms with Crippen LogP contribution in [0.25, 0.3) is 0 Å². The summed E-state index contributed by atoms with van der Waals surface area (Å²) in [6.07, 6.45) is 3.99. The molecule has 0 aliphatic carbocycles. The van der Waals surface area contributed by atoms with Gasteiger partial charge in [-0.05, 0) is 20.8 Å². The maximum absolute atomic E-state index is 4.27. The highest BCUT2D eigenvalue weighted by Crippen LogP contribution is 2.04. The maximum Gasteiger partial charge on any atom is 0.0534 e. The third-order valence-electron chi connectivity index (χ3n) is 1.94. The van der Waals surface area contributed by atoms with Gasteiger partial charge in [0.1, 0.15) is 0 Å². The summed E-state index contributed by atoms with van der Waals surface area (Å²) in [5.74, 6) is 0. The van der Waals surface area contributed by atoms with Crippen LogP contribution in [-0.4, -0.2) is 16.3 Å². The van der Waals surface area contributed by atoms with Crippen LogP contribution in [0, 0.1) is 0 Å². The standard InChI is InChI=1S/C11H19N3/c1-9(2)5-12-6-11-7-13-14(8-11)10(3)4/h7-8,10,12H,1,5-6H2,2-4H3. The van der Waals surface area contributed by atoms with Crippen molar-refractivity contribution >= 4 is 0 Å². The van der Waals surface area contributed by atoms with Crippen molar-refractivity contribution in [3.05, 3.63) is 30.1 Å². The van der Waals surface area contributed by atoms with Crippen molar-refractivity contribution < 1.29 is 0 Å². The second-order valence-electron chi connectivity index (χ2n) is 3.98. The number of nitrogens with zero attached hydrogens (tertiary/aromatic N) is 2. The molecule has 0 aliphatic heterocycles. The van der Waals surface area contributed by atoms with E-state index in [-0.39, 0.29) is 0 Å². The van der Waals surface area contributed by atoms with Crippen LogP contribution in [0.3, 0.4) is 0 Å². The van der Waals surface area contributed by atoms with Gasteiger partial charge in [0.15, 0.2) is 0 Å². The lowest BCUT2D eigenvalue weighted by molar-refractivity contribution is 0.531. The van der Waals surface area contributed by atoms with Gasteiger partial charge in [0.05, 0.1) is 6.20 Å². The van der Waals surface area contributed by atoms with Crippen LogP contribution in [0.15, 0.2) is 24.5 Å². The zero-order chi connectivity index (χ0) is 10.6. The smallest absolute Gasteiger partial charge is 0.0534 e. The fourth-order valence-electron chi connectivity index (χ4n) is 1.17. The van der Waals surface area contributed by atoms with Gasteiger partial charge in [-0.1, -0.05) is 12.2 Å². The zero-order valence-electron chi connectivity index (χ0n) is 9.25. The molecule has 14 heavy (non-hydrogen) atoms. The summed E-state index contributed by atoms with van der Waals surface area (Å²) in [5, 5.41) is 7.57. The summed E-state index contributed by atoms with van der Waals surface area (Å²) >= 11 is 0. The molecule has 3 nitrogen and oxygen atoms in total. The summed E-state index contributed by atoms with van der Waals surface area (Å²) in [5.41, 5.74) is 2.38. The highest BCUT2D eigenvalue weighted by atomic mass is 15.3. The van der Waals surface area contributed by atoms with E-state index >= 15 is 0 Å². The minimum atomic E-state index is 0.435. The van der Waals surface area contributed by atoms with E-state index in [1.165, 1.54) is 5.56 Å². The Hall–Kier alpha value is -1.09. The van der Waals surface area contributed by atoms with Gasteiger partial charge in [0, 0.05) is 30.9 Å². The van der Waals surface area contributed by atoms with E-state index in [9.17, 15) is 0 Å². The lowest BCUT2D eigenvalue weighted by Crippen LogP contribution is -2.14. The number of hydrogen-bond acceptors (Lipinski definition) is 2. The van der Waals surface area contributed by atoms with Gasteiger partial charge in [-0.3, -0.25) is 4.68 Å². The molecule has 1 rings (SSSR count). The van der Waals surface area contributed by atoms with Crippen molar-refractivity contribution in [2.24, 2.45) is 0 Å². The minimum Gasteiger partial charge on any atom is -0.309 e. The Morgan fingerprint density at radius 3 is 2.86 bits per heavy atom. The molecule has 0 fully saturated rings. The summed E-state index contributed by atoms with van der Waals surface area (Å²) in [6.45, 7) is 11.8. The number of rotatable bonds is 5. The predicted octanol–water partition coefficient (Wildman–Crippen LogP) is 2.13. The van der Waals surface area contributed by atoms with E-state index in [0.717, 1.165) is 18.7 Å². The highest BCUT2D eigenvalue weighted by molar-refractivity contribution is 5.04. The lowest BCUT2D eigenvalue weighted by Gasteiger charge is -2.03. The van der Waals surface area contributed by atoms with Crippen LogP contribution in [0.4, 0.5) is 0 Å². The minimum absolute atomic E-state index is 0.435. The Morgan fingerprint density at radius 2 is 2.36 bits per heavy atom. The largest absolute Gasteiger partial charge is 0.309 e. The van der Waals surface area contributed by atoms with Crippen molar-refractivity contribution in [1.82, 2.24) is 15.1 Å². The normalized spacial score (nSPS) is 10.9. The summed E-state index contributed by atoms with van der Waals surface area (Å²) in [4.78, 5) is 0. The van der Waals surface area contributed by atoms with Gasteiger partial charge < -0.3 is 5.32 Å². The molecule has 0 saturated heterocycles. The van der Waals surface area contributed by atoms with Crippen LogP contribution in [0.2, 0.25) is 0 Å². The highest BCUT2D eigenvalue weighted by Gasteiger charge is 2.00. The zero-order valence-corrected chi connectivity index (χ0v) is 9.25. The molecule has 78 valence electrons. The molecule has 1 N–H and O–H groups in total. The molecular weight excluding hydrogens is 174 g/mol. The molecule has 0 aliphatic rings. The third-order valence-corrected chi connectivity index (χ3v) is 1.94. The molecule has 0 atom stereocenters. The van der Waals surface area contributed by atoms with Crippen LogP contribution >= 0.6 is 0 Å². The van der Waals surface area contributed by atoms with E-state index in [1.54, 1.807) is 0 Å². The first kappa shape index (κ1) is 11.0. The quantitative estimate of drug-likeness (QED) is 0.726. The molecule has 0 unspecified atom stereocenters. The Balaban J connectivity index is 2.40. The molecule has 0 saturated carbocycles. The topological polar surface area (TPSA) is 29.9 Å². The fourth-order valence-corrected chi connectivity index (χ4v) is 1.17. The summed E-state index contributed by atoms with van der Waals surface area (Å²) in [6, 6.07) is 0.435. The Labute approximate surface area is 85.8 Å². The van der Waals surface area contributed by atoms with Crippen LogP contribution in [0.5, 0.6) is 0 Å². The molecule has 3 heteroatoms. The molecule has 0 amide bonds. The first-order valence-corrected chi connectivity index (χ1v) is 4.97. The predicted molar refractivity (Wildman–Crippen MR) is 59.1 cm³/mol. The van der Waals surface area contributed by atoms with Crippen LogP contribution in [0.1, 0.15) is 32.4 Å². The SMILES string of the molecule is C=C(C)CNCc1cnn(C(C)C)c1. The van der Waals surface area contributed by atoms with Crippen molar-refractivity contribution in [2.45, 2.75) is 33.4 Å². The van der Waals surface area contributed by atoms with Crippen molar-refractivity contribution in [2.75, 3.05) is 6.54 Å². The number of aromatic nitrogens is 2. The summed E-state index contributed by atoms with van der Waals surface area (Å²) in [7, 11) is 0. The molecule has 0 bridgehead atoms. The van der Waals surface area contributed by atoms with Crippen molar-refractivity contribution in [1.29, 1.82) is 0 Å². The Bertz CT molecular complexity index is 299. The van der Waals surface area contributed by atoms with Crippen LogP contribution < -0.4 is 5.32 Å².